The number of phenols is 2. The molecule has 1 saturated heterocycles. The first-order valence-corrected chi connectivity index (χ1v) is 5.17. The standard InChI is InChI=1S/C11H13NO5/c13-6-2-1-3-7(14)10(6)11(17)12-4-8(15)9(16)5-12/h1-3,8-9,13-16H,4-5H2. The Morgan fingerprint density at radius 2 is 1.59 bits per heavy atom. The first-order chi connectivity index (χ1) is 8.00. The highest BCUT2D eigenvalue weighted by atomic mass is 16.3. The van der Waals surface area contributed by atoms with Crippen molar-refractivity contribution in [1.82, 2.24) is 4.90 Å². The Bertz CT molecular complexity index is 417. The number of phenolic OH excluding ortho intramolecular Hbond substituents is 2. The van der Waals surface area contributed by atoms with Gasteiger partial charge in [0.2, 0.25) is 0 Å². The molecule has 0 aliphatic carbocycles. The van der Waals surface area contributed by atoms with Gasteiger partial charge >= 0.3 is 0 Å². The first-order valence-electron chi connectivity index (χ1n) is 5.17. The molecule has 0 saturated carbocycles. The molecule has 2 atom stereocenters. The smallest absolute Gasteiger partial charge is 0.261 e. The predicted octanol–water partition coefficient (Wildman–Crippen LogP) is -0.725. The maximum atomic E-state index is 12.0. The molecule has 0 bridgehead atoms. The second-order valence-corrected chi connectivity index (χ2v) is 4.02. The second-order valence-electron chi connectivity index (χ2n) is 4.02. The molecule has 1 aromatic carbocycles. The lowest BCUT2D eigenvalue weighted by molar-refractivity contribution is 0.0572. The molecule has 1 aliphatic rings. The zero-order chi connectivity index (χ0) is 12.6. The van der Waals surface area contributed by atoms with Gasteiger partial charge in [-0.05, 0) is 12.1 Å². The van der Waals surface area contributed by atoms with Crippen LogP contribution in [-0.2, 0) is 0 Å². The fourth-order valence-electron chi connectivity index (χ4n) is 1.84. The van der Waals surface area contributed by atoms with Crippen LogP contribution >= 0.6 is 0 Å². The van der Waals surface area contributed by atoms with Gasteiger partial charge in [0.15, 0.2) is 0 Å². The van der Waals surface area contributed by atoms with Crippen molar-refractivity contribution in [3.8, 4) is 11.5 Å². The summed E-state index contributed by atoms with van der Waals surface area (Å²) in [7, 11) is 0. The summed E-state index contributed by atoms with van der Waals surface area (Å²) in [5.41, 5.74) is -0.214. The predicted molar refractivity (Wildman–Crippen MR) is 57.7 cm³/mol. The quantitative estimate of drug-likeness (QED) is 0.518. The first kappa shape index (κ1) is 11.7. The number of likely N-dealkylation sites (tertiary alicyclic amines) is 1. The summed E-state index contributed by atoms with van der Waals surface area (Å²) >= 11 is 0. The average Bonchev–Trinajstić information content (AvgIpc) is 2.59. The third-order valence-electron chi connectivity index (χ3n) is 2.78. The molecule has 1 fully saturated rings. The third-order valence-corrected chi connectivity index (χ3v) is 2.78. The molecule has 6 heteroatoms. The van der Waals surface area contributed by atoms with Crippen molar-refractivity contribution in [1.29, 1.82) is 0 Å². The van der Waals surface area contributed by atoms with E-state index in [1.165, 1.54) is 23.1 Å². The van der Waals surface area contributed by atoms with Gasteiger partial charge in [0.25, 0.3) is 5.91 Å². The minimum Gasteiger partial charge on any atom is -0.507 e. The van der Waals surface area contributed by atoms with E-state index < -0.39 is 18.1 Å². The van der Waals surface area contributed by atoms with E-state index in [-0.39, 0.29) is 30.2 Å². The Labute approximate surface area is 97.3 Å². The minimum absolute atomic E-state index is 0.0201. The lowest BCUT2D eigenvalue weighted by atomic mass is 10.1. The molecule has 4 N–H and O–H groups in total. The van der Waals surface area contributed by atoms with Gasteiger partial charge in [-0.25, -0.2) is 0 Å². The molecule has 6 nitrogen and oxygen atoms in total. The van der Waals surface area contributed by atoms with Crippen molar-refractivity contribution in [2.75, 3.05) is 13.1 Å². The SMILES string of the molecule is O=C(c1c(O)cccc1O)N1CC(O)C(O)C1. The zero-order valence-corrected chi connectivity index (χ0v) is 8.95. The molecular formula is C11H13NO5. The average molecular weight is 239 g/mol. The Balaban J connectivity index is 2.27. The summed E-state index contributed by atoms with van der Waals surface area (Å²) in [6.07, 6.45) is -1.99. The number of amides is 1. The number of hydrogen-bond donors (Lipinski definition) is 4. The van der Waals surface area contributed by atoms with Gasteiger partial charge in [0.05, 0.1) is 12.2 Å². The van der Waals surface area contributed by atoms with Crippen LogP contribution in [0.4, 0.5) is 0 Å². The molecule has 2 unspecified atom stereocenters. The van der Waals surface area contributed by atoms with Crippen LogP contribution in [0.2, 0.25) is 0 Å². The van der Waals surface area contributed by atoms with E-state index >= 15 is 0 Å². The topological polar surface area (TPSA) is 101 Å². The van der Waals surface area contributed by atoms with Crippen molar-refractivity contribution < 1.29 is 25.2 Å². The normalized spacial score (nSPS) is 24.0. The van der Waals surface area contributed by atoms with E-state index in [0.717, 1.165) is 0 Å². The summed E-state index contributed by atoms with van der Waals surface area (Å²) in [5, 5.41) is 37.7. The lowest BCUT2D eigenvalue weighted by Crippen LogP contribution is -2.29. The Morgan fingerprint density at radius 3 is 2.06 bits per heavy atom. The largest absolute Gasteiger partial charge is 0.507 e. The van der Waals surface area contributed by atoms with Crippen molar-refractivity contribution in [3.05, 3.63) is 23.8 Å². The van der Waals surface area contributed by atoms with Crippen molar-refractivity contribution in [2.45, 2.75) is 12.2 Å². The number of rotatable bonds is 1. The fraction of sp³-hybridized carbons (Fsp3) is 0.364. The number of nitrogens with zero attached hydrogens (tertiary/aromatic N) is 1. The van der Waals surface area contributed by atoms with Crippen LogP contribution in [0.5, 0.6) is 11.5 Å². The maximum absolute atomic E-state index is 12.0. The molecule has 1 aliphatic heterocycles. The van der Waals surface area contributed by atoms with E-state index in [1.807, 2.05) is 0 Å². The number of aliphatic hydroxyl groups excluding tert-OH is 2. The van der Waals surface area contributed by atoms with Gasteiger partial charge in [-0.3, -0.25) is 4.79 Å². The molecule has 0 radical (unpaired) electrons. The molecule has 17 heavy (non-hydrogen) atoms. The van der Waals surface area contributed by atoms with Crippen LogP contribution in [0.15, 0.2) is 18.2 Å². The van der Waals surface area contributed by atoms with Crippen LogP contribution in [0.3, 0.4) is 0 Å². The zero-order valence-electron chi connectivity index (χ0n) is 8.95. The molecular weight excluding hydrogens is 226 g/mol. The summed E-state index contributed by atoms with van der Waals surface area (Å²) in [6, 6.07) is 3.99. The molecule has 0 spiro atoms. The van der Waals surface area contributed by atoms with Crippen molar-refractivity contribution >= 4 is 5.91 Å². The van der Waals surface area contributed by atoms with Gasteiger partial charge in [-0.2, -0.15) is 0 Å². The molecule has 0 aromatic heterocycles. The van der Waals surface area contributed by atoms with E-state index in [0.29, 0.717) is 0 Å². The summed E-state index contributed by atoms with van der Waals surface area (Å²) < 4.78 is 0. The van der Waals surface area contributed by atoms with Crippen LogP contribution in [0.25, 0.3) is 0 Å². The molecule has 1 heterocycles. The highest BCUT2D eigenvalue weighted by Gasteiger charge is 2.34. The van der Waals surface area contributed by atoms with Crippen LogP contribution in [-0.4, -0.2) is 56.5 Å². The number of β-amino-alcohol motifs (C(OH)–C–C–N with tert-alkyl or cyclic N) is 2. The van der Waals surface area contributed by atoms with E-state index in [9.17, 15) is 25.2 Å². The fourth-order valence-corrected chi connectivity index (χ4v) is 1.84. The van der Waals surface area contributed by atoms with Crippen molar-refractivity contribution in [3.63, 3.8) is 0 Å². The Kier molecular flexibility index (Phi) is 2.91. The third kappa shape index (κ3) is 2.04. The highest BCUT2D eigenvalue weighted by molar-refractivity contribution is 5.99. The number of aromatic hydroxyl groups is 2. The van der Waals surface area contributed by atoms with Gasteiger partial charge < -0.3 is 25.3 Å². The molecule has 1 aromatic rings. The Morgan fingerprint density at radius 1 is 1.12 bits per heavy atom. The van der Waals surface area contributed by atoms with Crippen molar-refractivity contribution in [2.24, 2.45) is 0 Å². The maximum Gasteiger partial charge on any atom is 0.261 e. The van der Waals surface area contributed by atoms with Crippen LogP contribution < -0.4 is 0 Å². The minimum atomic E-state index is -0.994. The van der Waals surface area contributed by atoms with E-state index in [1.54, 1.807) is 0 Å². The van der Waals surface area contributed by atoms with E-state index in [2.05, 4.69) is 0 Å². The molecule has 1 amide bonds. The number of aliphatic hydroxyl groups is 2. The summed E-state index contributed by atoms with van der Waals surface area (Å²) in [6.45, 7) is -0.0401. The van der Waals surface area contributed by atoms with Gasteiger partial charge in [-0.15, -0.1) is 0 Å². The number of hydrogen-bond acceptors (Lipinski definition) is 5. The number of carbonyl (C=O) groups excluding carboxylic acids is 1. The summed E-state index contributed by atoms with van der Waals surface area (Å²) in [5.74, 6) is -1.27. The lowest BCUT2D eigenvalue weighted by Gasteiger charge is -2.16. The second kappa shape index (κ2) is 4.23. The van der Waals surface area contributed by atoms with Gasteiger partial charge in [-0.1, -0.05) is 6.07 Å². The molecule has 92 valence electrons. The van der Waals surface area contributed by atoms with E-state index in [4.69, 9.17) is 0 Å². The highest BCUT2D eigenvalue weighted by Crippen LogP contribution is 2.28. The Hall–Kier alpha value is -1.79. The molecule has 2 rings (SSSR count). The van der Waals surface area contributed by atoms with Crippen LogP contribution in [0, 0.1) is 0 Å². The number of benzene rings is 1. The van der Waals surface area contributed by atoms with Crippen LogP contribution in [0.1, 0.15) is 10.4 Å². The van der Waals surface area contributed by atoms with Gasteiger partial charge in [0.1, 0.15) is 17.1 Å². The number of carbonyl (C=O) groups is 1. The monoisotopic (exact) mass is 239 g/mol. The van der Waals surface area contributed by atoms with Gasteiger partial charge in [0, 0.05) is 13.1 Å². The summed E-state index contributed by atoms with van der Waals surface area (Å²) in [4.78, 5) is 13.1.